The standard InChI is InChI=1S/C9H13ClN2O2/c10-5-1-4-8-11-9(12-14-8)7-3-2-6-13-7/h7H,1-6H2. The monoisotopic (exact) mass is 216 g/mol. The minimum absolute atomic E-state index is 0.0449. The molecule has 1 fully saturated rings. The van der Waals surface area contributed by atoms with Crippen LogP contribution in [-0.2, 0) is 11.2 Å². The molecule has 1 aliphatic heterocycles. The summed E-state index contributed by atoms with van der Waals surface area (Å²) in [5.41, 5.74) is 0. The van der Waals surface area contributed by atoms with Gasteiger partial charge < -0.3 is 9.26 Å². The van der Waals surface area contributed by atoms with Crippen LogP contribution in [0.15, 0.2) is 4.52 Å². The van der Waals surface area contributed by atoms with Gasteiger partial charge in [-0.05, 0) is 19.3 Å². The Bertz CT molecular complexity index is 284. The van der Waals surface area contributed by atoms with Crippen molar-refractivity contribution in [3.8, 4) is 0 Å². The van der Waals surface area contributed by atoms with E-state index in [0.29, 0.717) is 17.6 Å². The van der Waals surface area contributed by atoms with Crippen molar-refractivity contribution >= 4 is 11.6 Å². The normalized spacial score (nSPS) is 21.6. The summed E-state index contributed by atoms with van der Waals surface area (Å²) in [6.45, 7) is 0.802. The molecule has 5 heteroatoms. The van der Waals surface area contributed by atoms with Crippen molar-refractivity contribution in [2.45, 2.75) is 31.8 Å². The molecule has 0 N–H and O–H groups in total. The fraction of sp³-hybridized carbons (Fsp3) is 0.778. The predicted octanol–water partition coefficient (Wildman–Crippen LogP) is 2.09. The fourth-order valence-corrected chi connectivity index (χ4v) is 1.63. The van der Waals surface area contributed by atoms with Crippen molar-refractivity contribution in [1.82, 2.24) is 10.1 Å². The Morgan fingerprint density at radius 1 is 1.50 bits per heavy atom. The Kier molecular flexibility index (Phi) is 3.37. The SMILES string of the molecule is ClCCCc1nc(C2CCCO2)no1. The van der Waals surface area contributed by atoms with Crippen molar-refractivity contribution in [3.63, 3.8) is 0 Å². The number of ether oxygens (including phenoxy) is 1. The smallest absolute Gasteiger partial charge is 0.226 e. The number of rotatable bonds is 4. The lowest BCUT2D eigenvalue weighted by atomic mass is 10.2. The maximum atomic E-state index is 5.57. The maximum Gasteiger partial charge on any atom is 0.226 e. The van der Waals surface area contributed by atoms with Crippen LogP contribution >= 0.6 is 11.6 Å². The van der Waals surface area contributed by atoms with E-state index in [4.69, 9.17) is 20.9 Å². The minimum Gasteiger partial charge on any atom is -0.370 e. The molecule has 1 atom stereocenters. The van der Waals surface area contributed by atoms with Crippen molar-refractivity contribution < 1.29 is 9.26 Å². The summed E-state index contributed by atoms with van der Waals surface area (Å²) in [6, 6.07) is 0. The van der Waals surface area contributed by atoms with Gasteiger partial charge in [-0.15, -0.1) is 11.6 Å². The predicted molar refractivity (Wildman–Crippen MR) is 51.3 cm³/mol. The molecule has 0 spiro atoms. The highest BCUT2D eigenvalue weighted by atomic mass is 35.5. The Hall–Kier alpha value is -0.610. The van der Waals surface area contributed by atoms with Gasteiger partial charge in [-0.25, -0.2) is 0 Å². The van der Waals surface area contributed by atoms with Crippen LogP contribution in [0.1, 0.15) is 37.1 Å². The van der Waals surface area contributed by atoms with Crippen LogP contribution < -0.4 is 0 Å². The molecule has 4 nitrogen and oxygen atoms in total. The van der Waals surface area contributed by atoms with E-state index in [1.807, 2.05) is 0 Å². The number of halogens is 1. The lowest BCUT2D eigenvalue weighted by Gasteiger charge is -2.00. The molecule has 1 unspecified atom stereocenters. The number of hydrogen-bond donors (Lipinski definition) is 0. The van der Waals surface area contributed by atoms with Gasteiger partial charge in [0.05, 0.1) is 0 Å². The number of alkyl halides is 1. The van der Waals surface area contributed by atoms with E-state index in [-0.39, 0.29) is 6.10 Å². The first-order valence-electron chi connectivity index (χ1n) is 4.90. The zero-order chi connectivity index (χ0) is 9.80. The van der Waals surface area contributed by atoms with E-state index in [0.717, 1.165) is 32.3 Å². The summed E-state index contributed by atoms with van der Waals surface area (Å²) in [5, 5.41) is 3.90. The van der Waals surface area contributed by atoms with Gasteiger partial charge in [0, 0.05) is 18.9 Å². The highest BCUT2D eigenvalue weighted by molar-refractivity contribution is 6.17. The Morgan fingerprint density at radius 2 is 2.43 bits per heavy atom. The Balaban J connectivity index is 1.94. The van der Waals surface area contributed by atoms with Crippen LogP contribution in [0.2, 0.25) is 0 Å². The second-order valence-electron chi connectivity index (χ2n) is 3.34. The minimum atomic E-state index is 0.0449. The molecular weight excluding hydrogens is 204 g/mol. The van der Waals surface area contributed by atoms with Crippen molar-refractivity contribution in [2.75, 3.05) is 12.5 Å². The number of hydrogen-bond acceptors (Lipinski definition) is 4. The van der Waals surface area contributed by atoms with Crippen LogP contribution in [0.4, 0.5) is 0 Å². The molecule has 2 rings (SSSR count). The van der Waals surface area contributed by atoms with Crippen molar-refractivity contribution in [1.29, 1.82) is 0 Å². The zero-order valence-corrected chi connectivity index (χ0v) is 8.66. The molecule has 78 valence electrons. The van der Waals surface area contributed by atoms with E-state index in [2.05, 4.69) is 10.1 Å². The van der Waals surface area contributed by atoms with Gasteiger partial charge in [0.15, 0.2) is 0 Å². The summed E-state index contributed by atoms with van der Waals surface area (Å²) in [4.78, 5) is 4.27. The van der Waals surface area contributed by atoms with Crippen molar-refractivity contribution in [2.24, 2.45) is 0 Å². The van der Waals surface area contributed by atoms with Crippen LogP contribution in [-0.4, -0.2) is 22.6 Å². The third kappa shape index (κ3) is 2.25. The molecule has 14 heavy (non-hydrogen) atoms. The molecule has 0 saturated carbocycles. The molecule has 1 aromatic rings. The molecular formula is C9H13ClN2O2. The number of nitrogens with zero attached hydrogens (tertiary/aromatic N) is 2. The topological polar surface area (TPSA) is 48.2 Å². The highest BCUT2D eigenvalue weighted by Crippen LogP contribution is 2.26. The molecule has 0 aromatic carbocycles. The lowest BCUT2D eigenvalue weighted by Crippen LogP contribution is -1.98. The molecule has 2 heterocycles. The fourth-order valence-electron chi connectivity index (χ4n) is 1.50. The lowest BCUT2D eigenvalue weighted by molar-refractivity contribution is 0.103. The quantitative estimate of drug-likeness (QED) is 0.724. The van der Waals surface area contributed by atoms with E-state index in [1.54, 1.807) is 0 Å². The van der Waals surface area contributed by atoms with E-state index >= 15 is 0 Å². The first-order valence-corrected chi connectivity index (χ1v) is 5.43. The zero-order valence-electron chi connectivity index (χ0n) is 7.91. The summed E-state index contributed by atoms with van der Waals surface area (Å²) in [5.74, 6) is 1.97. The van der Waals surface area contributed by atoms with Crippen molar-refractivity contribution in [3.05, 3.63) is 11.7 Å². The third-order valence-corrected chi connectivity index (χ3v) is 2.49. The summed E-state index contributed by atoms with van der Waals surface area (Å²) in [6.07, 6.45) is 3.74. The first-order chi connectivity index (χ1) is 6.90. The maximum absolute atomic E-state index is 5.57. The first kappa shape index (κ1) is 9.93. The average molecular weight is 217 g/mol. The third-order valence-electron chi connectivity index (χ3n) is 2.23. The summed E-state index contributed by atoms with van der Waals surface area (Å²) < 4.78 is 10.5. The molecule has 0 radical (unpaired) electrons. The van der Waals surface area contributed by atoms with Gasteiger partial charge in [-0.3, -0.25) is 0 Å². The summed E-state index contributed by atoms with van der Waals surface area (Å²) >= 11 is 5.57. The second-order valence-corrected chi connectivity index (χ2v) is 3.72. The molecule has 1 aromatic heterocycles. The van der Waals surface area contributed by atoms with Crippen LogP contribution in [0.5, 0.6) is 0 Å². The summed E-state index contributed by atoms with van der Waals surface area (Å²) in [7, 11) is 0. The Labute approximate surface area is 87.6 Å². The molecule has 0 bridgehead atoms. The second kappa shape index (κ2) is 4.75. The number of aromatic nitrogens is 2. The van der Waals surface area contributed by atoms with Gasteiger partial charge in [0.25, 0.3) is 0 Å². The molecule has 1 aliphatic rings. The van der Waals surface area contributed by atoms with Gasteiger partial charge in [-0.2, -0.15) is 4.98 Å². The van der Waals surface area contributed by atoms with E-state index in [9.17, 15) is 0 Å². The molecule has 1 saturated heterocycles. The van der Waals surface area contributed by atoms with Crippen LogP contribution in [0.25, 0.3) is 0 Å². The van der Waals surface area contributed by atoms with Gasteiger partial charge in [0.1, 0.15) is 6.10 Å². The average Bonchev–Trinajstić information content (AvgIpc) is 2.85. The molecule has 0 amide bonds. The van der Waals surface area contributed by atoms with E-state index < -0.39 is 0 Å². The highest BCUT2D eigenvalue weighted by Gasteiger charge is 2.22. The Morgan fingerprint density at radius 3 is 3.14 bits per heavy atom. The van der Waals surface area contributed by atoms with Gasteiger partial charge >= 0.3 is 0 Å². The van der Waals surface area contributed by atoms with Gasteiger partial charge in [-0.1, -0.05) is 5.16 Å². The van der Waals surface area contributed by atoms with Crippen LogP contribution in [0, 0.1) is 0 Å². The largest absolute Gasteiger partial charge is 0.370 e. The van der Waals surface area contributed by atoms with E-state index in [1.165, 1.54) is 0 Å². The van der Waals surface area contributed by atoms with Crippen LogP contribution in [0.3, 0.4) is 0 Å². The molecule has 0 aliphatic carbocycles. The number of aryl methyl sites for hydroxylation is 1. The van der Waals surface area contributed by atoms with Gasteiger partial charge in [0.2, 0.25) is 11.7 Å².